The van der Waals surface area contributed by atoms with E-state index in [0.29, 0.717) is 16.8 Å². The van der Waals surface area contributed by atoms with Gasteiger partial charge in [0.1, 0.15) is 6.54 Å². The maximum Gasteiger partial charge on any atom is 0.338 e. The van der Waals surface area contributed by atoms with Crippen molar-refractivity contribution in [2.75, 3.05) is 22.8 Å². The Balaban J connectivity index is 1.90. The second kappa shape index (κ2) is 10.7. The lowest BCUT2D eigenvalue weighted by atomic mass is 10.1. The molecule has 0 spiro atoms. The molecule has 0 aliphatic carbocycles. The molecule has 34 heavy (non-hydrogen) atoms. The summed E-state index contributed by atoms with van der Waals surface area (Å²) in [6.45, 7) is 5.05. The van der Waals surface area contributed by atoms with E-state index in [9.17, 15) is 18.0 Å². The molecule has 0 heterocycles. The van der Waals surface area contributed by atoms with Crippen molar-refractivity contribution in [2.45, 2.75) is 25.7 Å². The number of amides is 1. The fraction of sp³-hybridized carbons (Fsp3) is 0.200. The monoisotopic (exact) mass is 500 g/mol. The molecule has 7 nitrogen and oxygen atoms in total. The number of hydrogen-bond donors (Lipinski definition) is 1. The largest absolute Gasteiger partial charge is 0.462 e. The first kappa shape index (κ1) is 25.3. The van der Waals surface area contributed by atoms with Gasteiger partial charge in [0.25, 0.3) is 10.0 Å². The number of carbonyl (C=O) groups excluding carboxylic acids is 2. The molecule has 178 valence electrons. The van der Waals surface area contributed by atoms with E-state index < -0.39 is 28.4 Å². The van der Waals surface area contributed by atoms with Gasteiger partial charge in [0.15, 0.2) is 0 Å². The van der Waals surface area contributed by atoms with Crippen LogP contribution in [0.2, 0.25) is 5.02 Å². The van der Waals surface area contributed by atoms with E-state index in [0.717, 1.165) is 9.87 Å². The number of ether oxygens (including phenoxy) is 1. The van der Waals surface area contributed by atoms with Gasteiger partial charge in [-0.25, -0.2) is 13.2 Å². The Labute approximate surface area is 204 Å². The van der Waals surface area contributed by atoms with Crippen molar-refractivity contribution in [3.05, 3.63) is 88.4 Å². The summed E-state index contributed by atoms with van der Waals surface area (Å²) in [7, 11) is -4.09. The number of nitrogens with one attached hydrogen (secondary N) is 1. The minimum Gasteiger partial charge on any atom is -0.462 e. The number of para-hydroxylation sites is 1. The number of nitrogens with zero attached hydrogens (tertiary/aromatic N) is 1. The van der Waals surface area contributed by atoms with E-state index in [1.54, 1.807) is 62.4 Å². The quantitative estimate of drug-likeness (QED) is 0.441. The predicted molar refractivity (Wildman–Crippen MR) is 133 cm³/mol. The molecule has 0 aliphatic heterocycles. The summed E-state index contributed by atoms with van der Waals surface area (Å²) in [5, 5.41) is 2.92. The number of carbonyl (C=O) groups is 2. The highest BCUT2D eigenvalue weighted by Gasteiger charge is 2.28. The molecule has 0 bridgehead atoms. The highest BCUT2D eigenvalue weighted by atomic mass is 35.5. The summed E-state index contributed by atoms with van der Waals surface area (Å²) < 4.78 is 32.9. The zero-order valence-electron chi connectivity index (χ0n) is 19.0. The lowest BCUT2D eigenvalue weighted by Crippen LogP contribution is -2.38. The van der Waals surface area contributed by atoms with Crippen LogP contribution in [0.25, 0.3) is 0 Å². The number of esters is 1. The highest BCUT2D eigenvalue weighted by Crippen LogP contribution is 2.30. The zero-order chi connectivity index (χ0) is 24.9. The van der Waals surface area contributed by atoms with Crippen molar-refractivity contribution in [3.63, 3.8) is 0 Å². The van der Waals surface area contributed by atoms with Crippen molar-refractivity contribution < 1.29 is 22.7 Å². The summed E-state index contributed by atoms with van der Waals surface area (Å²) >= 11 is 6.30. The number of rotatable bonds is 8. The van der Waals surface area contributed by atoms with E-state index in [4.69, 9.17) is 16.3 Å². The van der Waals surface area contributed by atoms with E-state index in [-0.39, 0.29) is 22.2 Å². The van der Waals surface area contributed by atoms with Crippen LogP contribution in [0.1, 0.15) is 28.4 Å². The van der Waals surface area contributed by atoms with Crippen molar-refractivity contribution >= 4 is 44.9 Å². The molecule has 1 amide bonds. The average Bonchev–Trinajstić information content (AvgIpc) is 2.80. The molecule has 0 atom stereocenters. The van der Waals surface area contributed by atoms with Gasteiger partial charge in [-0.05, 0) is 68.8 Å². The predicted octanol–water partition coefficient (Wildman–Crippen LogP) is 4.97. The Bertz CT molecular complexity index is 1310. The van der Waals surface area contributed by atoms with Crippen molar-refractivity contribution in [2.24, 2.45) is 0 Å². The van der Waals surface area contributed by atoms with Gasteiger partial charge < -0.3 is 10.1 Å². The first-order valence-electron chi connectivity index (χ1n) is 10.5. The Kier molecular flexibility index (Phi) is 7.96. The number of benzene rings is 3. The SMILES string of the molecule is CCOC(=O)c1ccc(NC(=O)CN(c2ccccc2Cl)S(=O)(=O)c2ccc(C)cc2)c(C)c1. The smallest absolute Gasteiger partial charge is 0.338 e. The second-order valence-electron chi connectivity index (χ2n) is 7.57. The van der Waals surface area contributed by atoms with Crippen LogP contribution < -0.4 is 9.62 Å². The molecule has 0 fully saturated rings. The minimum absolute atomic E-state index is 0.0424. The second-order valence-corrected chi connectivity index (χ2v) is 9.84. The van der Waals surface area contributed by atoms with E-state index >= 15 is 0 Å². The van der Waals surface area contributed by atoms with Crippen LogP contribution in [0.4, 0.5) is 11.4 Å². The Morgan fingerprint density at radius 2 is 1.68 bits per heavy atom. The van der Waals surface area contributed by atoms with Crippen molar-refractivity contribution in [1.29, 1.82) is 0 Å². The van der Waals surface area contributed by atoms with Crippen molar-refractivity contribution in [3.8, 4) is 0 Å². The molecule has 0 radical (unpaired) electrons. The highest BCUT2D eigenvalue weighted by molar-refractivity contribution is 7.92. The topological polar surface area (TPSA) is 92.8 Å². The number of halogens is 1. The van der Waals surface area contributed by atoms with Crippen LogP contribution in [0, 0.1) is 13.8 Å². The van der Waals surface area contributed by atoms with Gasteiger partial charge in [-0.1, -0.05) is 41.4 Å². The van der Waals surface area contributed by atoms with Gasteiger partial charge in [-0.15, -0.1) is 0 Å². The lowest BCUT2D eigenvalue weighted by Gasteiger charge is -2.25. The van der Waals surface area contributed by atoms with E-state index in [2.05, 4.69) is 5.32 Å². The molecule has 0 saturated carbocycles. The minimum atomic E-state index is -4.09. The molecule has 0 unspecified atom stereocenters. The molecular formula is C25H25ClN2O5S. The third kappa shape index (κ3) is 5.76. The van der Waals surface area contributed by atoms with Crippen molar-refractivity contribution in [1.82, 2.24) is 0 Å². The number of anilines is 2. The van der Waals surface area contributed by atoms with Crippen LogP contribution >= 0.6 is 11.6 Å². The zero-order valence-corrected chi connectivity index (χ0v) is 20.6. The molecule has 3 aromatic rings. The average molecular weight is 501 g/mol. The normalized spacial score (nSPS) is 11.1. The summed E-state index contributed by atoms with van der Waals surface area (Å²) in [5.74, 6) is -1.03. The molecule has 3 aromatic carbocycles. The fourth-order valence-corrected chi connectivity index (χ4v) is 4.98. The number of aryl methyl sites for hydroxylation is 2. The molecule has 3 rings (SSSR count). The first-order chi connectivity index (χ1) is 16.1. The van der Waals surface area contributed by atoms with E-state index in [1.165, 1.54) is 18.2 Å². The third-order valence-corrected chi connectivity index (χ3v) is 7.12. The first-order valence-corrected chi connectivity index (χ1v) is 12.4. The van der Waals surface area contributed by atoms with Gasteiger partial charge in [0.05, 0.1) is 27.8 Å². The molecule has 9 heteroatoms. The summed E-state index contributed by atoms with van der Waals surface area (Å²) in [6, 6.07) is 17.5. The molecule has 0 aliphatic rings. The summed E-state index contributed by atoms with van der Waals surface area (Å²) in [5.41, 5.74) is 2.53. The van der Waals surface area contributed by atoms with Gasteiger partial charge in [-0.3, -0.25) is 9.10 Å². The molecule has 1 N–H and O–H groups in total. The van der Waals surface area contributed by atoms with Gasteiger partial charge in [0, 0.05) is 5.69 Å². The summed E-state index contributed by atoms with van der Waals surface area (Å²) in [4.78, 5) is 24.9. The third-order valence-electron chi connectivity index (χ3n) is 5.03. The Morgan fingerprint density at radius 3 is 2.29 bits per heavy atom. The molecular weight excluding hydrogens is 476 g/mol. The number of sulfonamides is 1. The molecule has 0 saturated heterocycles. The summed E-state index contributed by atoms with van der Waals surface area (Å²) in [6.07, 6.45) is 0. The maximum atomic E-state index is 13.5. The van der Waals surface area contributed by atoms with Crippen LogP contribution in [0.3, 0.4) is 0 Å². The van der Waals surface area contributed by atoms with Crippen LogP contribution in [-0.2, 0) is 19.6 Å². The standard InChI is InChI=1S/C25H25ClN2O5S/c1-4-33-25(30)19-11-14-22(18(3)15-19)27-24(29)16-28(23-8-6-5-7-21(23)26)34(31,32)20-12-9-17(2)10-13-20/h5-15H,4,16H2,1-3H3,(H,27,29). The lowest BCUT2D eigenvalue weighted by molar-refractivity contribution is -0.114. The molecule has 0 aromatic heterocycles. The maximum absolute atomic E-state index is 13.5. The van der Waals surface area contributed by atoms with Crippen LogP contribution in [-0.4, -0.2) is 33.4 Å². The number of hydrogen-bond acceptors (Lipinski definition) is 5. The fourth-order valence-electron chi connectivity index (χ4n) is 3.26. The van der Waals surface area contributed by atoms with Gasteiger partial charge in [0.2, 0.25) is 5.91 Å². The van der Waals surface area contributed by atoms with Crippen LogP contribution in [0.15, 0.2) is 71.6 Å². The van der Waals surface area contributed by atoms with Gasteiger partial charge >= 0.3 is 5.97 Å². The Hall–Kier alpha value is -3.36. The van der Waals surface area contributed by atoms with Gasteiger partial charge in [-0.2, -0.15) is 0 Å². The van der Waals surface area contributed by atoms with Crippen LogP contribution in [0.5, 0.6) is 0 Å². The Morgan fingerprint density at radius 1 is 1.00 bits per heavy atom. The van der Waals surface area contributed by atoms with E-state index in [1.807, 2.05) is 6.92 Å².